The number of hydrogen-bond donors (Lipinski definition) is 1. The molecular formula is C17H23ClO. The van der Waals surface area contributed by atoms with Crippen LogP contribution in [0.5, 0.6) is 0 Å². The molecule has 1 aromatic rings. The van der Waals surface area contributed by atoms with Crippen molar-refractivity contribution >= 4 is 11.6 Å². The highest BCUT2D eigenvalue weighted by molar-refractivity contribution is 6.30. The smallest absolute Gasteiger partial charge is 0.0846 e. The fraction of sp³-hybridized carbons (Fsp3) is 0.647. The second kappa shape index (κ2) is 3.77. The Morgan fingerprint density at radius 3 is 2.47 bits per heavy atom. The van der Waals surface area contributed by atoms with E-state index in [0.717, 1.165) is 29.8 Å². The molecule has 1 N–H and O–H groups in total. The van der Waals surface area contributed by atoms with E-state index in [1.807, 2.05) is 12.1 Å². The number of aliphatic hydroxyl groups is 1. The van der Waals surface area contributed by atoms with Gasteiger partial charge in [-0.2, -0.15) is 0 Å². The third-order valence-electron chi connectivity index (χ3n) is 5.17. The van der Waals surface area contributed by atoms with E-state index >= 15 is 0 Å². The number of rotatable bonds is 0. The third-order valence-corrected chi connectivity index (χ3v) is 5.40. The molecule has 2 aliphatic rings. The molecule has 2 heteroatoms. The zero-order chi connectivity index (χ0) is 14.1. The molecule has 0 aromatic heterocycles. The van der Waals surface area contributed by atoms with Crippen molar-refractivity contribution in [2.45, 2.75) is 58.5 Å². The molecule has 0 unspecified atom stereocenters. The Morgan fingerprint density at radius 1 is 1.11 bits per heavy atom. The van der Waals surface area contributed by atoms with Gasteiger partial charge in [0.25, 0.3) is 0 Å². The van der Waals surface area contributed by atoms with Crippen molar-refractivity contribution in [3.63, 3.8) is 0 Å². The Balaban J connectivity index is 2.23. The highest BCUT2D eigenvalue weighted by Gasteiger charge is 2.55. The number of halogens is 1. The van der Waals surface area contributed by atoms with Crippen molar-refractivity contribution in [1.29, 1.82) is 0 Å². The summed E-state index contributed by atoms with van der Waals surface area (Å²) in [5, 5.41) is 11.6. The molecule has 3 atom stereocenters. The Bertz CT molecular complexity index is 536. The normalized spacial score (nSPS) is 39.8. The zero-order valence-corrected chi connectivity index (χ0v) is 13.0. The number of aliphatic hydroxyl groups excluding tert-OH is 1. The molecule has 19 heavy (non-hydrogen) atoms. The van der Waals surface area contributed by atoms with Crippen molar-refractivity contribution in [2.24, 2.45) is 10.8 Å². The van der Waals surface area contributed by atoms with Crippen molar-refractivity contribution in [1.82, 2.24) is 0 Å². The van der Waals surface area contributed by atoms with Gasteiger partial charge in [0.2, 0.25) is 0 Å². The van der Waals surface area contributed by atoms with E-state index in [1.54, 1.807) is 0 Å². The van der Waals surface area contributed by atoms with Crippen LogP contribution in [0.4, 0.5) is 0 Å². The van der Waals surface area contributed by atoms with E-state index in [0.29, 0.717) is 0 Å². The maximum atomic E-state index is 10.8. The topological polar surface area (TPSA) is 20.2 Å². The summed E-state index contributed by atoms with van der Waals surface area (Å²) in [6.07, 6.45) is 2.93. The van der Waals surface area contributed by atoms with E-state index in [2.05, 4.69) is 33.8 Å². The van der Waals surface area contributed by atoms with E-state index < -0.39 is 0 Å². The van der Waals surface area contributed by atoms with E-state index in [9.17, 15) is 5.11 Å². The minimum atomic E-state index is -0.368. The summed E-state index contributed by atoms with van der Waals surface area (Å²) in [6.45, 7) is 9.23. The van der Waals surface area contributed by atoms with Gasteiger partial charge in [0, 0.05) is 5.02 Å². The lowest BCUT2D eigenvalue weighted by molar-refractivity contribution is -0.0719. The second-order valence-corrected chi connectivity index (χ2v) is 8.48. The molecule has 0 spiro atoms. The van der Waals surface area contributed by atoms with Crippen LogP contribution in [0.1, 0.15) is 64.2 Å². The molecule has 2 aliphatic carbocycles. The van der Waals surface area contributed by atoms with Gasteiger partial charge in [-0.05, 0) is 58.8 Å². The molecule has 0 amide bonds. The van der Waals surface area contributed by atoms with Crippen LogP contribution in [0.3, 0.4) is 0 Å². The van der Waals surface area contributed by atoms with Crippen LogP contribution >= 0.6 is 11.6 Å². The minimum Gasteiger partial charge on any atom is -0.388 e. The Kier molecular flexibility index (Phi) is 2.67. The molecule has 2 bridgehead atoms. The molecule has 1 aromatic carbocycles. The van der Waals surface area contributed by atoms with Crippen LogP contribution < -0.4 is 0 Å². The Hall–Kier alpha value is -0.530. The molecule has 1 saturated carbocycles. The van der Waals surface area contributed by atoms with E-state index in [1.165, 1.54) is 5.56 Å². The summed E-state index contributed by atoms with van der Waals surface area (Å²) in [6, 6.07) is 6.00. The predicted molar refractivity (Wildman–Crippen MR) is 79.5 cm³/mol. The monoisotopic (exact) mass is 278 g/mol. The third kappa shape index (κ3) is 1.94. The maximum Gasteiger partial charge on any atom is 0.0846 e. The van der Waals surface area contributed by atoms with Crippen LogP contribution in [0.2, 0.25) is 5.02 Å². The highest BCUT2D eigenvalue weighted by Crippen LogP contribution is 2.63. The largest absolute Gasteiger partial charge is 0.388 e. The van der Waals surface area contributed by atoms with Crippen LogP contribution in [-0.2, 0) is 5.41 Å². The highest BCUT2D eigenvalue weighted by atomic mass is 35.5. The van der Waals surface area contributed by atoms with E-state index in [-0.39, 0.29) is 22.3 Å². The molecule has 0 heterocycles. The first-order valence-electron chi connectivity index (χ1n) is 7.13. The van der Waals surface area contributed by atoms with Crippen molar-refractivity contribution in [3.05, 3.63) is 34.3 Å². The first-order chi connectivity index (χ1) is 8.65. The van der Waals surface area contributed by atoms with Crippen LogP contribution in [0, 0.1) is 10.8 Å². The van der Waals surface area contributed by atoms with Crippen molar-refractivity contribution in [3.8, 4) is 0 Å². The van der Waals surface area contributed by atoms with Crippen molar-refractivity contribution < 1.29 is 5.11 Å². The fourth-order valence-corrected chi connectivity index (χ4v) is 5.45. The molecule has 104 valence electrons. The molecular weight excluding hydrogens is 256 g/mol. The summed E-state index contributed by atoms with van der Waals surface area (Å²) in [5.41, 5.74) is 2.74. The van der Waals surface area contributed by atoms with Gasteiger partial charge in [0.1, 0.15) is 0 Å². The molecule has 1 nitrogen and oxygen atoms in total. The van der Waals surface area contributed by atoms with Crippen molar-refractivity contribution in [2.75, 3.05) is 0 Å². The van der Waals surface area contributed by atoms with Gasteiger partial charge >= 0.3 is 0 Å². The van der Waals surface area contributed by atoms with Gasteiger partial charge in [0.15, 0.2) is 0 Å². The predicted octanol–water partition coefficient (Wildman–Crippen LogP) is 4.86. The summed E-state index contributed by atoms with van der Waals surface area (Å²) in [4.78, 5) is 0. The Morgan fingerprint density at radius 2 is 1.79 bits per heavy atom. The average Bonchev–Trinajstić information content (AvgIpc) is 2.23. The summed E-state index contributed by atoms with van der Waals surface area (Å²) < 4.78 is 0. The fourth-order valence-electron chi connectivity index (χ4n) is 5.28. The molecule has 0 saturated heterocycles. The van der Waals surface area contributed by atoms with Gasteiger partial charge < -0.3 is 5.11 Å². The lowest BCUT2D eigenvalue weighted by atomic mass is 9.48. The molecule has 3 rings (SSSR count). The van der Waals surface area contributed by atoms with E-state index in [4.69, 9.17) is 11.6 Å². The van der Waals surface area contributed by atoms with Crippen LogP contribution in [0.15, 0.2) is 18.2 Å². The quantitative estimate of drug-likeness (QED) is 0.718. The number of fused-ring (bicyclic) bond motifs is 4. The maximum absolute atomic E-state index is 10.8. The van der Waals surface area contributed by atoms with Gasteiger partial charge in [-0.1, -0.05) is 45.4 Å². The van der Waals surface area contributed by atoms with Gasteiger partial charge in [0.05, 0.1) is 6.10 Å². The van der Waals surface area contributed by atoms with Gasteiger partial charge in [-0.25, -0.2) is 0 Å². The first-order valence-corrected chi connectivity index (χ1v) is 7.51. The van der Waals surface area contributed by atoms with Gasteiger partial charge in [-0.15, -0.1) is 0 Å². The molecule has 0 radical (unpaired) electrons. The summed E-state index contributed by atoms with van der Waals surface area (Å²) >= 11 is 6.19. The lowest BCUT2D eigenvalue weighted by Gasteiger charge is -2.58. The number of benzene rings is 1. The van der Waals surface area contributed by atoms with Gasteiger partial charge in [-0.3, -0.25) is 0 Å². The van der Waals surface area contributed by atoms with Crippen LogP contribution in [0.25, 0.3) is 0 Å². The summed E-state index contributed by atoms with van der Waals surface area (Å²) in [5.74, 6) is 0. The summed E-state index contributed by atoms with van der Waals surface area (Å²) in [7, 11) is 0. The minimum absolute atomic E-state index is 0.0165. The molecule has 1 fully saturated rings. The second-order valence-electron chi connectivity index (χ2n) is 8.04. The van der Waals surface area contributed by atoms with Crippen LogP contribution in [-0.4, -0.2) is 5.11 Å². The first kappa shape index (κ1) is 13.5. The number of hydrogen-bond acceptors (Lipinski definition) is 1. The standard InChI is InChI=1S/C17H23ClO/c1-15(2)8-16(3)10-17(4,9-15)14(19)12-6-5-11(18)7-13(12)16/h5-7,14,19H,8-10H2,1-4H3/t14-,16-,17+/m0/s1. The zero-order valence-electron chi connectivity index (χ0n) is 12.3. The molecule has 0 aliphatic heterocycles. The Labute approximate surface area is 121 Å². The SMILES string of the molecule is CC1(C)C[C@@]2(C)C[C@@](C)(C1)[C@@H](O)c1ccc(Cl)cc12. The lowest BCUT2D eigenvalue weighted by Crippen LogP contribution is -2.50. The average molecular weight is 279 g/mol.